The van der Waals surface area contributed by atoms with Gasteiger partial charge in [-0.1, -0.05) is 18.2 Å². The molecular weight excluding hydrogens is 416 g/mol. The molecule has 0 aliphatic rings. The zero-order chi connectivity index (χ0) is 23.2. The Bertz CT molecular complexity index is 1240. The molecule has 0 aliphatic carbocycles. The standard InChI is InChI=1S/C25H26N6O2/c1-17-15-18(2)31(30-17)24-16-23(28-19(3)29-24)26-13-14-27-25(32)20-9-11-22(12-10-20)33-21-7-5-4-6-8-21/h4-12,15-16H,13-14H2,1-3H3,(H,27,32)(H,26,28,29). The summed E-state index contributed by atoms with van der Waals surface area (Å²) in [4.78, 5) is 21.3. The lowest BCUT2D eigenvalue weighted by molar-refractivity contribution is 0.0955. The fraction of sp³-hybridized carbons (Fsp3) is 0.200. The fourth-order valence-electron chi connectivity index (χ4n) is 3.38. The van der Waals surface area contributed by atoms with E-state index >= 15 is 0 Å². The number of carbonyl (C=O) groups is 1. The number of ether oxygens (including phenoxy) is 1. The van der Waals surface area contributed by atoms with Gasteiger partial charge in [-0.15, -0.1) is 0 Å². The van der Waals surface area contributed by atoms with Crippen molar-refractivity contribution in [2.24, 2.45) is 0 Å². The Hall–Kier alpha value is -4.20. The molecule has 2 heterocycles. The number of aryl methyl sites for hydroxylation is 3. The summed E-state index contributed by atoms with van der Waals surface area (Å²) in [5, 5.41) is 10.6. The molecule has 8 heteroatoms. The summed E-state index contributed by atoms with van der Waals surface area (Å²) in [6.45, 7) is 6.74. The number of anilines is 1. The van der Waals surface area contributed by atoms with Crippen molar-refractivity contribution in [1.29, 1.82) is 0 Å². The summed E-state index contributed by atoms with van der Waals surface area (Å²) < 4.78 is 7.55. The Morgan fingerprint density at radius 3 is 2.33 bits per heavy atom. The topological polar surface area (TPSA) is 94.0 Å². The molecule has 0 radical (unpaired) electrons. The number of nitrogens with zero attached hydrogens (tertiary/aromatic N) is 4. The second-order valence-corrected chi connectivity index (χ2v) is 7.62. The van der Waals surface area contributed by atoms with E-state index < -0.39 is 0 Å². The van der Waals surface area contributed by atoms with E-state index in [-0.39, 0.29) is 5.91 Å². The van der Waals surface area contributed by atoms with Crippen LogP contribution in [0.15, 0.2) is 66.7 Å². The smallest absolute Gasteiger partial charge is 0.251 e. The van der Waals surface area contributed by atoms with Gasteiger partial charge in [0.1, 0.15) is 23.1 Å². The van der Waals surface area contributed by atoms with Crippen molar-refractivity contribution in [2.45, 2.75) is 20.8 Å². The van der Waals surface area contributed by atoms with Gasteiger partial charge in [-0.2, -0.15) is 5.10 Å². The average molecular weight is 443 g/mol. The van der Waals surface area contributed by atoms with Crippen LogP contribution < -0.4 is 15.4 Å². The second-order valence-electron chi connectivity index (χ2n) is 7.62. The number of hydrogen-bond acceptors (Lipinski definition) is 6. The van der Waals surface area contributed by atoms with Crippen molar-refractivity contribution in [3.63, 3.8) is 0 Å². The number of hydrogen-bond donors (Lipinski definition) is 2. The molecule has 0 saturated heterocycles. The van der Waals surface area contributed by atoms with Crippen molar-refractivity contribution in [3.05, 3.63) is 89.5 Å². The second kappa shape index (κ2) is 9.95. The molecule has 0 unspecified atom stereocenters. The van der Waals surface area contributed by atoms with Crippen molar-refractivity contribution >= 4 is 11.7 Å². The third-order valence-electron chi connectivity index (χ3n) is 4.86. The lowest BCUT2D eigenvalue weighted by Crippen LogP contribution is -2.28. The number of carbonyl (C=O) groups excluding carboxylic acids is 1. The van der Waals surface area contributed by atoms with Crippen LogP contribution in [-0.4, -0.2) is 38.7 Å². The molecule has 0 atom stereocenters. The highest BCUT2D eigenvalue weighted by Gasteiger charge is 2.09. The Labute approximate surface area is 192 Å². The minimum absolute atomic E-state index is 0.148. The van der Waals surface area contributed by atoms with Crippen LogP contribution >= 0.6 is 0 Å². The normalized spacial score (nSPS) is 10.6. The Kier molecular flexibility index (Phi) is 6.64. The van der Waals surface area contributed by atoms with Gasteiger partial charge in [0, 0.05) is 30.4 Å². The van der Waals surface area contributed by atoms with Crippen LogP contribution in [0.1, 0.15) is 27.6 Å². The number of benzene rings is 2. The minimum Gasteiger partial charge on any atom is -0.457 e. The highest BCUT2D eigenvalue weighted by Crippen LogP contribution is 2.21. The summed E-state index contributed by atoms with van der Waals surface area (Å²) in [6, 6.07) is 20.4. The molecule has 4 aromatic rings. The fourth-order valence-corrected chi connectivity index (χ4v) is 3.38. The average Bonchev–Trinajstić information content (AvgIpc) is 3.15. The lowest BCUT2D eigenvalue weighted by Gasteiger charge is -2.11. The summed E-state index contributed by atoms with van der Waals surface area (Å²) in [6.07, 6.45) is 0. The molecule has 0 spiro atoms. The Morgan fingerprint density at radius 2 is 1.64 bits per heavy atom. The lowest BCUT2D eigenvalue weighted by atomic mass is 10.2. The molecular formula is C25H26N6O2. The third-order valence-corrected chi connectivity index (χ3v) is 4.86. The van der Waals surface area contributed by atoms with E-state index in [1.807, 2.05) is 63.2 Å². The molecule has 2 aromatic carbocycles. The third kappa shape index (κ3) is 5.74. The van der Waals surface area contributed by atoms with Gasteiger partial charge < -0.3 is 15.4 Å². The first kappa shape index (κ1) is 22.0. The number of rotatable bonds is 8. The molecule has 4 rings (SSSR count). The molecule has 168 valence electrons. The summed E-state index contributed by atoms with van der Waals surface area (Å²) in [5.41, 5.74) is 2.50. The summed E-state index contributed by atoms with van der Waals surface area (Å²) >= 11 is 0. The number of amides is 1. The van der Waals surface area contributed by atoms with Gasteiger partial charge in [0.15, 0.2) is 5.82 Å². The van der Waals surface area contributed by atoms with Crippen LogP contribution in [-0.2, 0) is 0 Å². The molecule has 2 aromatic heterocycles. The first-order chi connectivity index (χ1) is 16.0. The van der Waals surface area contributed by atoms with Crippen molar-refractivity contribution < 1.29 is 9.53 Å². The maximum Gasteiger partial charge on any atom is 0.251 e. The van der Waals surface area contributed by atoms with E-state index in [9.17, 15) is 4.79 Å². The molecule has 1 amide bonds. The van der Waals surface area contributed by atoms with E-state index in [0.717, 1.165) is 17.1 Å². The van der Waals surface area contributed by atoms with Gasteiger partial charge in [0.2, 0.25) is 0 Å². The van der Waals surface area contributed by atoms with E-state index in [2.05, 4.69) is 25.7 Å². The zero-order valence-corrected chi connectivity index (χ0v) is 18.9. The van der Waals surface area contributed by atoms with Gasteiger partial charge in [-0.05, 0) is 63.2 Å². The minimum atomic E-state index is -0.148. The van der Waals surface area contributed by atoms with Crippen molar-refractivity contribution in [1.82, 2.24) is 25.1 Å². The van der Waals surface area contributed by atoms with Gasteiger partial charge in [-0.3, -0.25) is 4.79 Å². The largest absolute Gasteiger partial charge is 0.457 e. The van der Waals surface area contributed by atoms with Crippen molar-refractivity contribution in [3.8, 4) is 17.3 Å². The van der Waals surface area contributed by atoms with Crippen LogP contribution in [0.5, 0.6) is 11.5 Å². The SMILES string of the molecule is Cc1cc(C)n(-c2cc(NCCNC(=O)c3ccc(Oc4ccccc4)cc3)nc(C)n2)n1. The molecule has 2 N–H and O–H groups in total. The van der Waals surface area contributed by atoms with Crippen LogP contribution in [0.25, 0.3) is 5.82 Å². The van der Waals surface area contributed by atoms with Gasteiger partial charge in [-0.25, -0.2) is 14.6 Å². The zero-order valence-electron chi connectivity index (χ0n) is 18.9. The van der Waals surface area contributed by atoms with E-state index in [1.54, 1.807) is 28.9 Å². The number of aromatic nitrogens is 4. The molecule has 33 heavy (non-hydrogen) atoms. The summed E-state index contributed by atoms with van der Waals surface area (Å²) in [7, 11) is 0. The quantitative estimate of drug-likeness (QED) is 0.397. The van der Waals surface area contributed by atoms with Crippen LogP contribution in [0.4, 0.5) is 5.82 Å². The molecule has 0 aliphatic heterocycles. The molecule has 0 saturated carbocycles. The highest BCUT2D eigenvalue weighted by molar-refractivity contribution is 5.94. The van der Waals surface area contributed by atoms with Gasteiger partial charge in [0.05, 0.1) is 5.69 Å². The maximum absolute atomic E-state index is 12.4. The van der Waals surface area contributed by atoms with E-state index in [0.29, 0.717) is 41.9 Å². The number of nitrogens with one attached hydrogen (secondary N) is 2. The van der Waals surface area contributed by atoms with E-state index in [4.69, 9.17) is 4.74 Å². The monoisotopic (exact) mass is 442 g/mol. The predicted octanol–water partition coefficient (Wildman–Crippen LogP) is 4.22. The number of para-hydroxylation sites is 1. The van der Waals surface area contributed by atoms with Crippen LogP contribution in [0.3, 0.4) is 0 Å². The highest BCUT2D eigenvalue weighted by atomic mass is 16.5. The van der Waals surface area contributed by atoms with E-state index in [1.165, 1.54) is 0 Å². The Morgan fingerprint density at radius 1 is 0.909 bits per heavy atom. The molecule has 0 bridgehead atoms. The van der Waals surface area contributed by atoms with Crippen molar-refractivity contribution in [2.75, 3.05) is 18.4 Å². The predicted molar refractivity (Wildman–Crippen MR) is 127 cm³/mol. The maximum atomic E-state index is 12.4. The van der Waals surface area contributed by atoms with Crippen LogP contribution in [0.2, 0.25) is 0 Å². The molecule has 0 fully saturated rings. The van der Waals surface area contributed by atoms with Gasteiger partial charge >= 0.3 is 0 Å². The molecule has 8 nitrogen and oxygen atoms in total. The first-order valence-electron chi connectivity index (χ1n) is 10.7. The van der Waals surface area contributed by atoms with Gasteiger partial charge in [0.25, 0.3) is 5.91 Å². The Balaban J connectivity index is 1.29. The first-order valence-corrected chi connectivity index (χ1v) is 10.7. The van der Waals surface area contributed by atoms with Crippen LogP contribution in [0, 0.1) is 20.8 Å². The summed E-state index contributed by atoms with van der Waals surface area (Å²) in [5.74, 6) is 3.31.